The minimum atomic E-state index is -0.981. The number of rotatable bonds is 4. The highest BCUT2D eigenvalue weighted by molar-refractivity contribution is 6.35. The number of benzene rings is 1. The molecule has 3 rings (SSSR count). The summed E-state index contributed by atoms with van der Waals surface area (Å²) in [6.07, 6.45) is 5.41. The van der Waals surface area contributed by atoms with Gasteiger partial charge in [-0.25, -0.2) is 0 Å². The number of carbonyl (C=O) groups excluding carboxylic acids is 1. The third-order valence-corrected chi connectivity index (χ3v) is 5.78. The molecule has 0 spiro atoms. The molecule has 24 heavy (non-hydrogen) atoms. The molecule has 0 radical (unpaired) electrons. The third kappa shape index (κ3) is 3.37. The number of aliphatic hydroxyl groups excluding tert-OH is 1. The molecule has 2 fully saturated rings. The van der Waals surface area contributed by atoms with Gasteiger partial charge in [0.15, 0.2) is 0 Å². The van der Waals surface area contributed by atoms with Crippen molar-refractivity contribution >= 4 is 29.1 Å². The highest BCUT2D eigenvalue weighted by atomic mass is 35.5. The Morgan fingerprint density at radius 2 is 1.92 bits per heavy atom. The molecule has 2 aliphatic rings. The number of amides is 1. The molecule has 1 saturated heterocycles. The second kappa shape index (κ2) is 7.51. The topological polar surface area (TPSA) is 49.8 Å². The monoisotopic (exact) mass is 371 g/mol. The van der Waals surface area contributed by atoms with Crippen molar-refractivity contribution in [1.29, 1.82) is 0 Å². The molecule has 1 N–H and O–H groups in total. The van der Waals surface area contributed by atoms with Crippen LogP contribution in [-0.4, -0.2) is 35.6 Å². The van der Waals surface area contributed by atoms with Crippen LogP contribution in [0.4, 0.5) is 0 Å². The zero-order chi connectivity index (χ0) is 17.3. The second-order valence-electron chi connectivity index (χ2n) is 6.67. The van der Waals surface area contributed by atoms with E-state index >= 15 is 0 Å². The first-order valence-corrected chi connectivity index (χ1v) is 9.30. The maximum Gasteiger partial charge on any atom is 0.228 e. The van der Waals surface area contributed by atoms with Gasteiger partial charge in [0.05, 0.1) is 24.2 Å². The number of ether oxygens (including phenoxy) is 1. The fourth-order valence-corrected chi connectivity index (χ4v) is 4.58. The van der Waals surface area contributed by atoms with Crippen LogP contribution in [0.15, 0.2) is 12.1 Å². The van der Waals surface area contributed by atoms with E-state index < -0.39 is 12.0 Å². The van der Waals surface area contributed by atoms with Crippen molar-refractivity contribution in [2.75, 3.05) is 13.7 Å². The highest BCUT2D eigenvalue weighted by Crippen LogP contribution is 2.42. The van der Waals surface area contributed by atoms with Crippen LogP contribution < -0.4 is 4.74 Å². The van der Waals surface area contributed by atoms with Crippen LogP contribution in [-0.2, 0) is 4.79 Å². The zero-order valence-electron chi connectivity index (χ0n) is 13.8. The van der Waals surface area contributed by atoms with Crippen LogP contribution in [0.3, 0.4) is 0 Å². The molecule has 1 saturated carbocycles. The Morgan fingerprint density at radius 3 is 2.58 bits per heavy atom. The van der Waals surface area contributed by atoms with Crippen molar-refractivity contribution in [3.05, 3.63) is 27.7 Å². The standard InChI is InChI=1S/C18H23Cl2NO3/c1-24-15-10-11(19)9-14(20)16(15)17(22)13-7-8-21(18(13)23)12-5-3-2-4-6-12/h9-10,12-13,17,22H,2-8H2,1H3. The number of carbonyl (C=O) groups is 1. The summed E-state index contributed by atoms with van der Waals surface area (Å²) in [5, 5.41) is 11.6. The lowest BCUT2D eigenvalue weighted by Gasteiger charge is -2.31. The van der Waals surface area contributed by atoms with Crippen LogP contribution in [0, 0.1) is 5.92 Å². The van der Waals surface area contributed by atoms with Gasteiger partial charge in [0.2, 0.25) is 5.91 Å². The normalized spacial score (nSPS) is 23.6. The van der Waals surface area contributed by atoms with E-state index in [1.807, 2.05) is 4.90 Å². The molecule has 132 valence electrons. The summed E-state index contributed by atoms with van der Waals surface area (Å²) < 4.78 is 5.31. The molecule has 1 aromatic rings. The first-order valence-electron chi connectivity index (χ1n) is 8.54. The molecule has 2 atom stereocenters. The number of hydrogen-bond acceptors (Lipinski definition) is 3. The van der Waals surface area contributed by atoms with Crippen LogP contribution in [0.5, 0.6) is 5.75 Å². The smallest absolute Gasteiger partial charge is 0.228 e. The lowest BCUT2D eigenvalue weighted by Crippen LogP contribution is -2.39. The molecular formula is C18H23Cl2NO3. The highest BCUT2D eigenvalue weighted by Gasteiger charge is 2.41. The number of methoxy groups -OCH3 is 1. The van der Waals surface area contributed by atoms with E-state index in [0.29, 0.717) is 40.4 Å². The molecule has 4 nitrogen and oxygen atoms in total. The molecule has 1 amide bonds. The molecule has 1 aliphatic heterocycles. The first-order chi connectivity index (χ1) is 11.5. The van der Waals surface area contributed by atoms with Gasteiger partial charge in [0.25, 0.3) is 0 Å². The van der Waals surface area contributed by atoms with Crippen LogP contribution in [0.2, 0.25) is 10.0 Å². The summed E-state index contributed by atoms with van der Waals surface area (Å²) in [6.45, 7) is 0.707. The summed E-state index contributed by atoms with van der Waals surface area (Å²) in [6, 6.07) is 3.51. The lowest BCUT2D eigenvalue weighted by molar-refractivity contribution is -0.136. The van der Waals surface area contributed by atoms with Crippen LogP contribution in [0.25, 0.3) is 0 Å². The average molecular weight is 372 g/mol. The minimum absolute atomic E-state index is 0.0301. The molecule has 1 aromatic carbocycles. The van der Waals surface area contributed by atoms with Crippen molar-refractivity contribution in [2.24, 2.45) is 5.92 Å². The van der Waals surface area contributed by atoms with Gasteiger partial charge in [-0.05, 0) is 31.4 Å². The predicted octanol–water partition coefficient (Wildman–Crippen LogP) is 4.22. The average Bonchev–Trinajstić information content (AvgIpc) is 2.96. The van der Waals surface area contributed by atoms with Gasteiger partial charge in [-0.1, -0.05) is 42.5 Å². The van der Waals surface area contributed by atoms with Gasteiger partial charge in [-0.2, -0.15) is 0 Å². The summed E-state index contributed by atoms with van der Waals surface area (Å²) in [5.74, 6) is -0.0223. The Kier molecular flexibility index (Phi) is 5.58. The summed E-state index contributed by atoms with van der Waals surface area (Å²) >= 11 is 12.3. The lowest BCUT2D eigenvalue weighted by atomic mass is 9.92. The van der Waals surface area contributed by atoms with Gasteiger partial charge in [-0.3, -0.25) is 4.79 Å². The van der Waals surface area contributed by atoms with Crippen molar-refractivity contribution < 1.29 is 14.6 Å². The van der Waals surface area contributed by atoms with E-state index in [0.717, 1.165) is 12.8 Å². The summed E-state index contributed by atoms with van der Waals surface area (Å²) in [7, 11) is 1.50. The van der Waals surface area contributed by atoms with Crippen molar-refractivity contribution in [3.8, 4) is 5.75 Å². The van der Waals surface area contributed by atoms with Crippen LogP contribution in [0.1, 0.15) is 50.2 Å². The molecular weight excluding hydrogens is 349 g/mol. The van der Waals surface area contributed by atoms with E-state index in [9.17, 15) is 9.90 Å². The Balaban J connectivity index is 1.81. The predicted molar refractivity (Wildman–Crippen MR) is 94.7 cm³/mol. The van der Waals surface area contributed by atoms with Gasteiger partial charge in [0.1, 0.15) is 5.75 Å². The van der Waals surface area contributed by atoms with E-state index in [4.69, 9.17) is 27.9 Å². The Labute approximate surface area is 152 Å². The summed E-state index contributed by atoms with van der Waals surface area (Å²) in [5.41, 5.74) is 0.451. The maximum absolute atomic E-state index is 12.9. The Bertz CT molecular complexity index is 617. The Morgan fingerprint density at radius 1 is 1.21 bits per heavy atom. The minimum Gasteiger partial charge on any atom is -0.496 e. The third-order valence-electron chi connectivity index (χ3n) is 5.25. The molecule has 1 aliphatic carbocycles. The number of aliphatic hydroxyl groups is 1. The van der Waals surface area contributed by atoms with Crippen molar-refractivity contribution in [2.45, 2.75) is 50.7 Å². The van der Waals surface area contributed by atoms with E-state index in [1.165, 1.54) is 26.4 Å². The van der Waals surface area contributed by atoms with Crippen molar-refractivity contribution in [3.63, 3.8) is 0 Å². The van der Waals surface area contributed by atoms with Crippen LogP contribution >= 0.6 is 23.2 Å². The Hall–Kier alpha value is -0.970. The number of nitrogens with zero attached hydrogens (tertiary/aromatic N) is 1. The summed E-state index contributed by atoms with van der Waals surface area (Å²) in [4.78, 5) is 14.8. The maximum atomic E-state index is 12.9. The molecule has 0 bridgehead atoms. The zero-order valence-corrected chi connectivity index (χ0v) is 15.3. The number of likely N-dealkylation sites (tertiary alicyclic amines) is 1. The molecule has 1 heterocycles. The van der Waals surface area contributed by atoms with Gasteiger partial charge in [0, 0.05) is 23.2 Å². The fourth-order valence-electron chi connectivity index (χ4n) is 3.99. The molecule has 0 aromatic heterocycles. The molecule has 2 unspecified atom stereocenters. The number of halogens is 2. The second-order valence-corrected chi connectivity index (χ2v) is 7.51. The quantitative estimate of drug-likeness (QED) is 0.861. The van der Waals surface area contributed by atoms with Gasteiger partial charge in [-0.15, -0.1) is 0 Å². The SMILES string of the molecule is COc1cc(Cl)cc(Cl)c1C(O)C1CCN(C2CCCCC2)C1=O. The number of hydrogen-bond donors (Lipinski definition) is 1. The van der Waals surface area contributed by atoms with Gasteiger partial charge >= 0.3 is 0 Å². The van der Waals surface area contributed by atoms with Crippen molar-refractivity contribution in [1.82, 2.24) is 4.90 Å². The van der Waals surface area contributed by atoms with E-state index in [-0.39, 0.29) is 5.91 Å². The van der Waals surface area contributed by atoms with E-state index in [1.54, 1.807) is 12.1 Å². The van der Waals surface area contributed by atoms with Gasteiger partial charge < -0.3 is 14.7 Å². The van der Waals surface area contributed by atoms with E-state index in [2.05, 4.69) is 0 Å². The molecule has 6 heteroatoms. The largest absolute Gasteiger partial charge is 0.496 e. The fraction of sp³-hybridized carbons (Fsp3) is 0.611. The first kappa shape index (κ1) is 17.8.